The first-order chi connectivity index (χ1) is 13.9. The Morgan fingerprint density at radius 3 is 2.33 bits per heavy atom. The SMILES string of the molecule is O=C(Nc1cccc(S(=O)(=O)C2CCCC2)c1)c1cccnc1S(=O)(=O)C(F)(F)F. The summed E-state index contributed by atoms with van der Waals surface area (Å²) in [4.78, 5) is 15.7. The largest absolute Gasteiger partial charge is 0.503 e. The molecule has 1 saturated carbocycles. The van der Waals surface area contributed by atoms with Crippen LogP contribution in [0.2, 0.25) is 0 Å². The second-order valence-corrected chi connectivity index (χ2v) is 10.8. The van der Waals surface area contributed by atoms with E-state index in [-0.39, 0.29) is 10.6 Å². The van der Waals surface area contributed by atoms with E-state index < -0.39 is 46.9 Å². The molecule has 0 spiro atoms. The van der Waals surface area contributed by atoms with Crippen LogP contribution in [0.25, 0.3) is 0 Å². The molecule has 1 amide bonds. The van der Waals surface area contributed by atoms with Crippen LogP contribution in [-0.2, 0) is 19.7 Å². The highest BCUT2D eigenvalue weighted by Gasteiger charge is 2.49. The van der Waals surface area contributed by atoms with E-state index in [4.69, 9.17) is 0 Å². The Kier molecular flexibility index (Phi) is 5.92. The molecule has 1 aliphatic rings. The van der Waals surface area contributed by atoms with Gasteiger partial charge in [0.1, 0.15) is 0 Å². The maximum atomic E-state index is 12.9. The third kappa shape index (κ3) is 4.19. The summed E-state index contributed by atoms with van der Waals surface area (Å²) in [5.41, 5.74) is -6.44. The monoisotopic (exact) mass is 462 g/mol. The number of halogens is 3. The molecule has 1 fully saturated rings. The Morgan fingerprint density at radius 2 is 1.70 bits per heavy atom. The number of alkyl halides is 3. The average Bonchev–Trinajstić information content (AvgIpc) is 3.23. The van der Waals surface area contributed by atoms with Gasteiger partial charge in [0.15, 0.2) is 14.9 Å². The van der Waals surface area contributed by atoms with Crippen molar-refractivity contribution in [3.8, 4) is 0 Å². The highest BCUT2D eigenvalue weighted by molar-refractivity contribution is 7.92. The van der Waals surface area contributed by atoms with Crippen molar-refractivity contribution in [1.82, 2.24) is 4.98 Å². The Bertz CT molecular complexity index is 1170. The number of carbonyl (C=O) groups is 1. The van der Waals surface area contributed by atoms with Crippen LogP contribution >= 0.6 is 0 Å². The topological polar surface area (TPSA) is 110 Å². The van der Waals surface area contributed by atoms with Crippen molar-refractivity contribution in [1.29, 1.82) is 0 Å². The van der Waals surface area contributed by atoms with E-state index >= 15 is 0 Å². The fourth-order valence-corrected chi connectivity index (χ4v) is 6.00. The second kappa shape index (κ2) is 7.99. The Morgan fingerprint density at radius 1 is 1.03 bits per heavy atom. The minimum Gasteiger partial charge on any atom is -0.322 e. The van der Waals surface area contributed by atoms with Gasteiger partial charge in [-0.15, -0.1) is 0 Å². The van der Waals surface area contributed by atoms with Gasteiger partial charge in [0, 0.05) is 11.9 Å². The number of nitrogens with zero attached hydrogens (tertiary/aromatic N) is 1. The molecule has 0 aliphatic heterocycles. The maximum absolute atomic E-state index is 12.9. The molecule has 0 unspecified atom stereocenters. The van der Waals surface area contributed by atoms with Crippen molar-refractivity contribution >= 4 is 31.3 Å². The lowest BCUT2D eigenvalue weighted by Gasteiger charge is -2.14. The Labute approximate surface area is 171 Å². The molecule has 0 atom stereocenters. The van der Waals surface area contributed by atoms with Crippen LogP contribution in [0, 0.1) is 0 Å². The molecule has 12 heteroatoms. The summed E-state index contributed by atoms with van der Waals surface area (Å²) in [7, 11) is -9.48. The Balaban J connectivity index is 1.92. The van der Waals surface area contributed by atoms with Crippen LogP contribution in [0.4, 0.5) is 18.9 Å². The van der Waals surface area contributed by atoms with E-state index in [9.17, 15) is 34.8 Å². The van der Waals surface area contributed by atoms with E-state index in [1.165, 1.54) is 24.3 Å². The quantitative estimate of drug-likeness (QED) is 0.730. The molecule has 1 aromatic carbocycles. The number of pyridine rings is 1. The molecule has 162 valence electrons. The molecule has 0 radical (unpaired) electrons. The third-order valence-corrected chi connectivity index (χ3v) is 8.44. The number of amides is 1. The van der Waals surface area contributed by atoms with Gasteiger partial charge < -0.3 is 5.32 Å². The van der Waals surface area contributed by atoms with Crippen molar-refractivity contribution in [3.05, 3.63) is 48.2 Å². The molecule has 0 bridgehead atoms. The van der Waals surface area contributed by atoms with Gasteiger partial charge in [0.05, 0.1) is 15.7 Å². The molecule has 2 aromatic rings. The Hall–Kier alpha value is -2.47. The van der Waals surface area contributed by atoms with Gasteiger partial charge in [-0.3, -0.25) is 4.79 Å². The number of anilines is 1. The number of carbonyl (C=O) groups excluding carboxylic acids is 1. The van der Waals surface area contributed by atoms with Gasteiger partial charge in [0.2, 0.25) is 0 Å². The number of hydrogen-bond acceptors (Lipinski definition) is 6. The van der Waals surface area contributed by atoms with Crippen LogP contribution in [0.5, 0.6) is 0 Å². The van der Waals surface area contributed by atoms with Crippen molar-refractivity contribution in [2.24, 2.45) is 0 Å². The van der Waals surface area contributed by atoms with Crippen LogP contribution in [0.3, 0.4) is 0 Å². The highest BCUT2D eigenvalue weighted by Crippen LogP contribution is 2.32. The minimum atomic E-state index is -5.85. The van der Waals surface area contributed by atoms with E-state index in [0.717, 1.165) is 31.2 Å². The molecule has 3 rings (SSSR count). The van der Waals surface area contributed by atoms with Crippen molar-refractivity contribution in [2.75, 3.05) is 5.32 Å². The molecular formula is C18H17F3N2O5S2. The van der Waals surface area contributed by atoms with E-state index in [0.29, 0.717) is 12.8 Å². The molecule has 1 aliphatic carbocycles. The molecule has 1 heterocycles. The van der Waals surface area contributed by atoms with Gasteiger partial charge >= 0.3 is 5.51 Å². The van der Waals surface area contributed by atoms with Gasteiger partial charge in [-0.05, 0) is 43.2 Å². The van der Waals surface area contributed by atoms with Gasteiger partial charge in [0.25, 0.3) is 15.7 Å². The summed E-state index contributed by atoms with van der Waals surface area (Å²) in [5.74, 6) is -1.17. The van der Waals surface area contributed by atoms with E-state index in [1.54, 1.807) is 0 Å². The van der Waals surface area contributed by atoms with Crippen LogP contribution in [0.1, 0.15) is 36.0 Å². The van der Waals surface area contributed by atoms with E-state index in [1.807, 2.05) is 0 Å². The van der Waals surface area contributed by atoms with Crippen molar-refractivity contribution in [3.63, 3.8) is 0 Å². The zero-order valence-corrected chi connectivity index (χ0v) is 17.0. The predicted molar refractivity (Wildman–Crippen MR) is 101 cm³/mol. The second-order valence-electron chi connectivity index (χ2n) is 6.74. The van der Waals surface area contributed by atoms with Gasteiger partial charge in [-0.1, -0.05) is 18.9 Å². The lowest BCUT2D eigenvalue weighted by molar-refractivity contribution is -0.0438. The summed E-state index contributed by atoms with van der Waals surface area (Å²) in [6, 6.07) is 7.30. The van der Waals surface area contributed by atoms with Crippen LogP contribution < -0.4 is 5.32 Å². The number of sulfone groups is 2. The fourth-order valence-electron chi connectivity index (χ4n) is 3.23. The van der Waals surface area contributed by atoms with Crippen LogP contribution in [-0.4, -0.2) is 38.5 Å². The minimum absolute atomic E-state index is 0.00159. The number of nitrogens with one attached hydrogen (secondary N) is 1. The number of aromatic nitrogens is 1. The molecule has 30 heavy (non-hydrogen) atoms. The number of rotatable bonds is 5. The van der Waals surface area contributed by atoms with Crippen molar-refractivity contribution in [2.45, 2.75) is 46.4 Å². The van der Waals surface area contributed by atoms with Gasteiger partial charge in [-0.2, -0.15) is 13.2 Å². The van der Waals surface area contributed by atoms with Gasteiger partial charge in [-0.25, -0.2) is 21.8 Å². The first-order valence-corrected chi connectivity index (χ1v) is 11.9. The predicted octanol–water partition coefficient (Wildman–Crippen LogP) is 3.34. The molecule has 0 saturated heterocycles. The molecule has 7 nitrogen and oxygen atoms in total. The summed E-state index contributed by atoms with van der Waals surface area (Å²) >= 11 is 0. The summed E-state index contributed by atoms with van der Waals surface area (Å²) in [5, 5.41) is 0.301. The molecular weight excluding hydrogens is 445 g/mol. The lowest BCUT2D eigenvalue weighted by Crippen LogP contribution is -2.27. The zero-order chi connectivity index (χ0) is 22.2. The maximum Gasteiger partial charge on any atom is 0.503 e. The summed E-state index contributed by atoms with van der Waals surface area (Å²) in [6.07, 6.45) is 3.50. The molecule has 1 N–H and O–H groups in total. The first-order valence-electron chi connectivity index (χ1n) is 8.86. The zero-order valence-electron chi connectivity index (χ0n) is 15.4. The van der Waals surface area contributed by atoms with Crippen LogP contribution in [0.15, 0.2) is 52.5 Å². The highest BCUT2D eigenvalue weighted by atomic mass is 32.2. The summed E-state index contributed by atoms with van der Waals surface area (Å²) in [6.45, 7) is 0. The first kappa shape index (κ1) is 22.2. The standard InChI is InChI=1S/C18H17F3N2O5S2/c19-18(20,21)30(27,28)17-15(9-4-10-22-17)16(24)23-12-5-3-8-14(11-12)29(25,26)13-6-1-2-7-13/h3-5,8-11,13H,1-2,6-7H2,(H,23,24). The third-order valence-electron chi connectivity index (χ3n) is 4.74. The number of hydrogen-bond donors (Lipinski definition) is 1. The fraction of sp³-hybridized carbons (Fsp3) is 0.333. The normalized spacial score (nSPS) is 15.8. The average molecular weight is 462 g/mol. The van der Waals surface area contributed by atoms with Crippen molar-refractivity contribution < 1.29 is 34.8 Å². The lowest BCUT2D eigenvalue weighted by atomic mass is 10.2. The number of benzene rings is 1. The smallest absolute Gasteiger partial charge is 0.322 e. The molecule has 1 aromatic heterocycles. The summed E-state index contributed by atoms with van der Waals surface area (Å²) < 4.78 is 87.5. The van der Waals surface area contributed by atoms with E-state index in [2.05, 4.69) is 10.3 Å².